The van der Waals surface area contributed by atoms with Gasteiger partial charge in [0.25, 0.3) is 5.91 Å². The monoisotopic (exact) mass is 391 g/mol. The molecule has 0 saturated heterocycles. The number of halogens is 1. The number of nitrogens with one attached hydrogen (secondary N) is 1. The van der Waals surface area contributed by atoms with E-state index < -0.39 is 17.9 Å². The molecule has 1 aliphatic carbocycles. The van der Waals surface area contributed by atoms with Crippen LogP contribution in [0.1, 0.15) is 41.5 Å². The Balaban J connectivity index is 2.02. The summed E-state index contributed by atoms with van der Waals surface area (Å²) < 4.78 is 2.74. The van der Waals surface area contributed by atoms with E-state index in [0.29, 0.717) is 5.69 Å². The first-order valence-electron chi connectivity index (χ1n) is 7.87. The van der Waals surface area contributed by atoms with E-state index >= 15 is 0 Å². The molecule has 1 heterocycles. The molecule has 0 radical (unpaired) electrons. The number of carboxylic acid groups (broad SMARTS) is 1. The Hall–Kier alpha value is -2.15. The number of nitrogens with zero attached hydrogens (tertiary/aromatic N) is 2. The molecule has 3 rings (SSSR count). The van der Waals surface area contributed by atoms with Gasteiger partial charge >= 0.3 is 5.97 Å². The molecule has 0 aliphatic heterocycles. The molecule has 1 aromatic heterocycles. The van der Waals surface area contributed by atoms with Crippen LogP contribution in [0.25, 0.3) is 5.69 Å². The summed E-state index contributed by atoms with van der Waals surface area (Å²) in [5.74, 6) is -1.50. The Bertz CT molecular complexity index is 800. The van der Waals surface area contributed by atoms with Gasteiger partial charge in [-0.2, -0.15) is 5.10 Å². The Morgan fingerprint density at radius 3 is 2.79 bits per heavy atom. The van der Waals surface area contributed by atoms with E-state index in [9.17, 15) is 9.59 Å². The summed E-state index contributed by atoms with van der Waals surface area (Å²) in [5, 5.41) is 16.0. The molecule has 2 N–H and O–H groups in total. The first-order valence-corrected chi connectivity index (χ1v) is 8.67. The minimum Gasteiger partial charge on any atom is -0.480 e. The Kier molecular flexibility index (Phi) is 4.71. The summed E-state index contributed by atoms with van der Waals surface area (Å²) in [4.78, 5) is 23.5. The van der Waals surface area contributed by atoms with Crippen LogP contribution in [-0.4, -0.2) is 32.8 Å². The fourth-order valence-corrected chi connectivity index (χ4v) is 3.32. The Labute approximate surface area is 148 Å². The first-order chi connectivity index (χ1) is 11.5. The van der Waals surface area contributed by atoms with Gasteiger partial charge in [0.1, 0.15) is 6.04 Å². The van der Waals surface area contributed by atoms with Gasteiger partial charge in [-0.05, 0) is 50.8 Å². The number of hydrogen-bond donors (Lipinski definition) is 2. The average molecular weight is 392 g/mol. The molecular weight excluding hydrogens is 374 g/mol. The molecular formula is C17H18BrN3O3. The van der Waals surface area contributed by atoms with Crippen LogP contribution < -0.4 is 5.32 Å². The molecule has 6 nitrogen and oxygen atoms in total. The maximum absolute atomic E-state index is 12.5. The minimum atomic E-state index is -1.07. The number of amides is 1. The smallest absolute Gasteiger partial charge is 0.325 e. The summed E-state index contributed by atoms with van der Waals surface area (Å²) in [6, 6.07) is 6.79. The molecule has 0 spiro atoms. The molecule has 24 heavy (non-hydrogen) atoms. The fourth-order valence-electron chi connectivity index (χ4n) is 2.93. The fraction of sp³-hybridized carbons (Fsp3) is 0.353. The first kappa shape index (κ1) is 16.7. The predicted molar refractivity (Wildman–Crippen MR) is 92.5 cm³/mol. The van der Waals surface area contributed by atoms with E-state index in [-0.39, 0.29) is 0 Å². The van der Waals surface area contributed by atoms with Crippen LogP contribution in [0.5, 0.6) is 0 Å². The standard InChI is InChI=1S/C17H18BrN3O3/c1-10(17(23)24)19-16(22)15-13-7-2-3-8-14(13)21(20-15)12-6-4-5-11(18)9-12/h4-6,9-10H,2-3,7-8H2,1H3,(H,19,22)(H,23,24)/t10-/m1/s1. The van der Waals surface area contributed by atoms with Crippen molar-refractivity contribution in [1.29, 1.82) is 0 Å². The van der Waals surface area contributed by atoms with E-state index in [0.717, 1.165) is 47.1 Å². The van der Waals surface area contributed by atoms with Crippen LogP contribution in [-0.2, 0) is 17.6 Å². The van der Waals surface area contributed by atoms with Gasteiger partial charge in [0.15, 0.2) is 5.69 Å². The molecule has 1 amide bonds. The van der Waals surface area contributed by atoms with Crippen molar-refractivity contribution in [2.75, 3.05) is 0 Å². The minimum absolute atomic E-state index is 0.331. The molecule has 2 aromatic rings. The highest BCUT2D eigenvalue weighted by molar-refractivity contribution is 9.10. The van der Waals surface area contributed by atoms with E-state index in [1.165, 1.54) is 6.92 Å². The van der Waals surface area contributed by atoms with Gasteiger partial charge < -0.3 is 10.4 Å². The maximum atomic E-state index is 12.5. The zero-order chi connectivity index (χ0) is 17.3. The number of aromatic nitrogens is 2. The van der Waals surface area contributed by atoms with Gasteiger partial charge in [0.05, 0.1) is 5.69 Å². The molecule has 1 aromatic carbocycles. The number of carbonyl (C=O) groups excluding carboxylic acids is 1. The summed E-state index contributed by atoms with van der Waals surface area (Å²) in [6.45, 7) is 1.44. The maximum Gasteiger partial charge on any atom is 0.325 e. The number of carboxylic acids is 1. The number of fused-ring (bicyclic) bond motifs is 1. The van der Waals surface area contributed by atoms with Crippen LogP contribution in [0.4, 0.5) is 0 Å². The van der Waals surface area contributed by atoms with Crippen LogP contribution in [0.2, 0.25) is 0 Å². The summed E-state index contributed by atoms with van der Waals surface area (Å²) in [5.41, 5.74) is 3.18. The third kappa shape index (κ3) is 3.21. The van der Waals surface area contributed by atoms with Crippen molar-refractivity contribution in [3.63, 3.8) is 0 Å². The second-order valence-corrected chi connectivity index (χ2v) is 6.82. The van der Waals surface area contributed by atoms with Gasteiger partial charge in [-0.15, -0.1) is 0 Å². The summed E-state index contributed by atoms with van der Waals surface area (Å²) >= 11 is 3.45. The molecule has 7 heteroatoms. The highest BCUT2D eigenvalue weighted by Crippen LogP contribution is 2.28. The Morgan fingerprint density at radius 1 is 1.33 bits per heavy atom. The second-order valence-electron chi connectivity index (χ2n) is 5.91. The van der Waals surface area contributed by atoms with E-state index in [2.05, 4.69) is 26.3 Å². The van der Waals surface area contributed by atoms with Gasteiger partial charge in [-0.25, -0.2) is 4.68 Å². The van der Waals surface area contributed by atoms with Crippen LogP contribution >= 0.6 is 15.9 Å². The Morgan fingerprint density at radius 2 is 2.08 bits per heavy atom. The average Bonchev–Trinajstić information content (AvgIpc) is 2.94. The van der Waals surface area contributed by atoms with Gasteiger partial charge in [0, 0.05) is 15.7 Å². The van der Waals surface area contributed by atoms with Crippen molar-refractivity contribution in [2.24, 2.45) is 0 Å². The lowest BCUT2D eigenvalue weighted by Crippen LogP contribution is -2.39. The van der Waals surface area contributed by atoms with E-state index in [1.807, 2.05) is 24.3 Å². The van der Waals surface area contributed by atoms with E-state index in [4.69, 9.17) is 5.11 Å². The van der Waals surface area contributed by atoms with Gasteiger partial charge in [-0.1, -0.05) is 22.0 Å². The zero-order valence-electron chi connectivity index (χ0n) is 13.3. The van der Waals surface area contributed by atoms with Crippen molar-refractivity contribution in [3.8, 4) is 5.69 Å². The summed E-state index contributed by atoms with van der Waals surface area (Å²) in [7, 11) is 0. The molecule has 0 fully saturated rings. The zero-order valence-corrected chi connectivity index (χ0v) is 14.8. The van der Waals surface area contributed by atoms with Crippen LogP contribution in [0.15, 0.2) is 28.7 Å². The van der Waals surface area contributed by atoms with Crippen molar-refractivity contribution < 1.29 is 14.7 Å². The highest BCUT2D eigenvalue weighted by atomic mass is 79.9. The van der Waals surface area contributed by atoms with Crippen molar-refractivity contribution in [2.45, 2.75) is 38.6 Å². The third-order valence-electron chi connectivity index (χ3n) is 4.17. The van der Waals surface area contributed by atoms with Crippen molar-refractivity contribution in [3.05, 3.63) is 45.7 Å². The topological polar surface area (TPSA) is 84.2 Å². The van der Waals surface area contributed by atoms with Crippen molar-refractivity contribution in [1.82, 2.24) is 15.1 Å². The van der Waals surface area contributed by atoms with Crippen LogP contribution in [0.3, 0.4) is 0 Å². The van der Waals surface area contributed by atoms with E-state index in [1.54, 1.807) is 4.68 Å². The largest absolute Gasteiger partial charge is 0.480 e. The van der Waals surface area contributed by atoms with Crippen LogP contribution in [0, 0.1) is 0 Å². The lowest BCUT2D eigenvalue weighted by Gasteiger charge is -2.14. The van der Waals surface area contributed by atoms with Crippen molar-refractivity contribution >= 4 is 27.8 Å². The summed E-state index contributed by atoms with van der Waals surface area (Å²) in [6.07, 6.45) is 3.70. The molecule has 126 valence electrons. The SMILES string of the molecule is C[C@@H](NC(=O)c1nn(-c2cccc(Br)c2)c2c1CCCC2)C(=O)O. The number of hydrogen-bond acceptors (Lipinski definition) is 3. The molecule has 0 bridgehead atoms. The normalized spacial score (nSPS) is 14.8. The van der Waals surface area contributed by atoms with Gasteiger partial charge in [0.2, 0.25) is 0 Å². The van der Waals surface area contributed by atoms with Gasteiger partial charge in [-0.3, -0.25) is 9.59 Å². The second kappa shape index (κ2) is 6.76. The molecule has 0 saturated carbocycles. The molecule has 1 atom stereocenters. The quantitative estimate of drug-likeness (QED) is 0.838. The highest BCUT2D eigenvalue weighted by Gasteiger charge is 2.27. The molecule has 1 aliphatic rings. The number of aliphatic carboxylic acids is 1. The molecule has 0 unspecified atom stereocenters. The number of benzene rings is 1. The predicted octanol–water partition coefficient (Wildman–Crippen LogP) is 2.72. The number of carbonyl (C=O) groups is 2. The third-order valence-corrected chi connectivity index (χ3v) is 4.66. The lowest BCUT2D eigenvalue weighted by atomic mass is 9.95. The lowest BCUT2D eigenvalue weighted by molar-refractivity contribution is -0.138. The number of rotatable bonds is 4.